The second-order valence-corrected chi connectivity index (χ2v) is 15.7. The number of oxazole rings is 1. The van der Waals surface area contributed by atoms with Crippen molar-refractivity contribution in [3.8, 4) is 22.8 Å². The van der Waals surface area contributed by atoms with Crippen molar-refractivity contribution < 1.29 is 4.42 Å². The Kier molecular flexibility index (Phi) is 8.78. The Labute approximate surface area is 353 Å². The Hall–Kier alpha value is -7.83. The van der Waals surface area contributed by atoms with Gasteiger partial charge < -0.3 is 13.6 Å². The molecule has 8 aromatic carbocycles. The van der Waals surface area contributed by atoms with Crippen LogP contribution in [0.15, 0.2) is 202 Å². The number of aromatic nitrogens is 3. The van der Waals surface area contributed by atoms with E-state index in [1.54, 1.807) is 0 Å². The molecule has 0 saturated heterocycles. The summed E-state index contributed by atoms with van der Waals surface area (Å²) in [7, 11) is 0. The lowest BCUT2D eigenvalue weighted by molar-refractivity contribution is 0.618. The molecule has 11 rings (SSSR count). The average Bonchev–Trinajstić information content (AvgIpc) is 4.00. The topological polar surface area (TPSA) is 60.6 Å². The summed E-state index contributed by atoms with van der Waals surface area (Å²) in [6.45, 7) is 6.37. The van der Waals surface area contributed by atoms with Gasteiger partial charge in [0.05, 0.1) is 33.8 Å². The highest BCUT2D eigenvalue weighted by Gasteiger charge is 2.24. The minimum absolute atomic E-state index is 0.0901. The fourth-order valence-electron chi connectivity index (χ4n) is 8.92. The summed E-state index contributed by atoms with van der Waals surface area (Å²) in [5, 5.41) is 4.69. The highest BCUT2D eigenvalue weighted by Crippen LogP contribution is 2.43. The zero-order valence-corrected chi connectivity index (χ0v) is 34.1. The van der Waals surface area contributed by atoms with Crippen molar-refractivity contribution in [3.63, 3.8) is 0 Å². The van der Waals surface area contributed by atoms with Gasteiger partial charge in [-0.05, 0) is 92.1 Å². The van der Waals surface area contributed by atoms with Gasteiger partial charge in [-0.2, -0.15) is 0 Å². The lowest BCUT2D eigenvalue weighted by Crippen LogP contribution is -2.08. The molecule has 11 aromatic rings. The smallest absolute Gasteiger partial charge is 0.227 e. The van der Waals surface area contributed by atoms with E-state index in [2.05, 4.69) is 157 Å². The molecular weight excluding hydrogens is 747 g/mol. The number of aliphatic imine (C=N–C) groups is 2. The molecule has 1 atom stereocenters. The van der Waals surface area contributed by atoms with Crippen LogP contribution in [0.5, 0.6) is 0 Å². The SMILES string of the molecule is C/C(=N\C(=N/[C@H](C)c1ccccc1)c1ccc(-n2c3ccccc3c3ccc4c5ccccc5n(-c5cccc6nc(-c7ccccc7)oc56)c4c32)cc1C)c1ccccc1. The number of hydrogen-bond acceptors (Lipinski definition) is 3. The first-order chi connectivity index (χ1) is 30.0. The maximum absolute atomic E-state index is 6.69. The molecule has 0 unspecified atom stereocenters. The molecule has 0 fully saturated rings. The van der Waals surface area contributed by atoms with Crippen molar-refractivity contribution in [2.24, 2.45) is 9.98 Å². The lowest BCUT2D eigenvalue weighted by atomic mass is 10.0. The van der Waals surface area contributed by atoms with E-state index in [0.717, 1.165) is 83.5 Å². The number of para-hydroxylation sites is 3. The van der Waals surface area contributed by atoms with Crippen molar-refractivity contribution >= 4 is 66.3 Å². The number of aryl methyl sites for hydroxylation is 1. The van der Waals surface area contributed by atoms with Crippen LogP contribution < -0.4 is 0 Å². The van der Waals surface area contributed by atoms with Gasteiger partial charge in [0.2, 0.25) is 5.89 Å². The third kappa shape index (κ3) is 6.15. The molecule has 0 spiro atoms. The van der Waals surface area contributed by atoms with Crippen LogP contribution in [0.25, 0.3) is 77.5 Å². The van der Waals surface area contributed by atoms with Crippen LogP contribution in [0, 0.1) is 6.92 Å². The van der Waals surface area contributed by atoms with E-state index in [1.807, 2.05) is 60.7 Å². The fourth-order valence-corrected chi connectivity index (χ4v) is 8.92. The Morgan fingerprint density at radius 2 is 1.20 bits per heavy atom. The predicted octanol–water partition coefficient (Wildman–Crippen LogP) is 14.0. The van der Waals surface area contributed by atoms with Crippen LogP contribution in [-0.2, 0) is 0 Å². The Balaban J connectivity index is 1.16. The molecule has 0 radical (unpaired) electrons. The van der Waals surface area contributed by atoms with Crippen molar-refractivity contribution in [3.05, 3.63) is 210 Å². The molecule has 0 bridgehead atoms. The molecule has 0 N–H and O–H groups in total. The number of nitrogens with zero attached hydrogens (tertiary/aromatic N) is 5. The van der Waals surface area contributed by atoms with Crippen molar-refractivity contribution in [1.29, 1.82) is 0 Å². The average molecular weight is 788 g/mol. The minimum atomic E-state index is -0.0901. The van der Waals surface area contributed by atoms with Gasteiger partial charge in [-0.25, -0.2) is 9.98 Å². The summed E-state index contributed by atoms with van der Waals surface area (Å²) < 4.78 is 11.5. The van der Waals surface area contributed by atoms with E-state index >= 15 is 0 Å². The normalized spacial score (nSPS) is 13.0. The maximum atomic E-state index is 6.69. The number of hydrogen-bond donors (Lipinski definition) is 0. The van der Waals surface area contributed by atoms with Crippen molar-refractivity contribution in [2.45, 2.75) is 26.8 Å². The zero-order valence-electron chi connectivity index (χ0n) is 34.1. The van der Waals surface area contributed by atoms with Gasteiger partial charge in [0, 0.05) is 44.1 Å². The molecule has 292 valence electrons. The van der Waals surface area contributed by atoms with E-state index in [1.165, 1.54) is 16.2 Å². The van der Waals surface area contributed by atoms with E-state index in [0.29, 0.717) is 11.7 Å². The summed E-state index contributed by atoms with van der Waals surface area (Å²) in [4.78, 5) is 15.5. The second-order valence-electron chi connectivity index (χ2n) is 15.7. The lowest BCUT2D eigenvalue weighted by Gasteiger charge is -2.16. The molecule has 0 amide bonds. The molecule has 0 saturated carbocycles. The van der Waals surface area contributed by atoms with E-state index in [4.69, 9.17) is 19.4 Å². The number of fused-ring (bicyclic) bond motifs is 8. The summed E-state index contributed by atoms with van der Waals surface area (Å²) in [6, 6.07) is 65.7. The van der Waals surface area contributed by atoms with Gasteiger partial charge in [-0.15, -0.1) is 0 Å². The number of benzene rings is 8. The fraction of sp³-hybridized carbons (Fsp3) is 0.0727. The van der Waals surface area contributed by atoms with E-state index in [-0.39, 0.29) is 6.04 Å². The van der Waals surface area contributed by atoms with Crippen LogP contribution in [0.1, 0.15) is 42.1 Å². The van der Waals surface area contributed by atoms with Gasteiger partial charge in [-0.1, -0.05) is 133 Å². The third-order valence-corrected chi connectivity index (χ3v) is 11.9. The van der Waals surface area contributed by atoms with Crippen LogP contribution >= 0.6 is 0 Å². The molecule has 61 heavy (non-hydrogen) atoms. The second kappa shape index (κ2) is 14.8. The molecule has 6 nitrogen and oxygen atoms in total. The zero-order chi connectivity index (χ0) is 41.0. The van der Waals surface area contributed by atoms with E-state index < -0.39 is 0 Å². The predicted molar refractivity (Wildman–Crippen MR) is 253 cm³/mol. The Bertz CT molecular complexity index is 3500. The summed E-state index contributed by atoms with van der Waals surface area (Å²) >= 11 is 0. The molecule has 0 aliphatic heterocycles. The standard InChI is InChI=1S/C55H41N5O/c1-35-34-41(30-31-42(35)54(56-36(2)38-18-7-4-8-19-38)57-37(3)39-20-9-5-10-21-39)59-48-27-15-13-24-43(48)45-32-33-46-44-25-14-16-28-49(44)60(52(46)51(45)59)50-29-17-26-47-53(50)61-55(58-47)40-22-11-6-12-23-40/h4-34,36H,1-3H3/b56-54-,57-37+/t36-/m1/s1. The quantitative estimate of drug-likeness (QED) is 0.119. The van der Waals surface area contributed by atoms with Gasteiger partial charge in [0.25, 0.3) is 0 Å². The molecule has 6 heteroatoms. The van der Waals surface area contributed by atoms with Crippen LogP contribution in [0.3, 0.4) is 0 Å². The monoisotopic (exact) mass is 787 g/mol. The van der Waals surface area contributed by atoms with Crippen LogP contribution in [0.4, 0.5) is 0 Å². The molecule has 0 aliphatic carbocycles. The van der Waals surface area contributed by atoms with Crippen LogP contribution in [-0.4, -0.2) is 25.7 Å². The summed E-state index contributed by atoms with van der Waals surface area (Å²) in [5.41, 5.74) is 14.1. The first-order valence-electron chi connectivity index (χ1n) is 20.8. The maximum Gasteiger partial charge on any atom is 0.227 e. The van der Waals surface area contributed by atoms with Gasteiger partial charge in [0.1, 0.15) is 5.52 Å². The molecule has 3 aromatic heterocycles. The molecule has 3 heterocycles. The Morgan fingerprint density at radius 3 is 1.89 bits per heavy atom. The minimum Gasteiger partial charge on any atom is -0.434 e. The number of rotatable bonds is 7. The largest absolute Gasteiger partial charge is 0.434 e. The highest BCUT2D eigenvalue weighted by atomic mass is 16.3. The summed E-state index contributed by atoms with van der Waals surface area (Å²) in [6.07, 6.45) is 0. The molecule has 0 aliphatic rings. The van der Waals surface area contributed by atoms with Crippen molar-refractivity contribution in [1.82, 2.24) is 14.1 Å². The first kappa shape index (κ1) is 36.3. The van der Waals surface area contributed by atoms with Crippen molar-refractivity contribution in [2.75, 3.05) is 0 Å². The number of amidine groups is 1. The Morgan fingerprint density at radius 1 is 0.590 bits per heavy atom. The first-order valence-corrected chi connectivity index (χ1v) is 20.8. The van der Waals surface area contributed by atoms with Gasteiger partial charge in [0.15, 0.2) is 11.4 Å². The third-order valence-electron chi connectivity index (χ3n) is 11.9. The summed E-state index contributed by atoms with van der Waals surface area (Å²) in [5.74, 6) is 1.31. The highest BCUT2D eigenvalue weighted by molar-refractivity contribution is 6.24. The molecular formula is C55H41N5O. The van der Waals surface area contributed by atoms with E-state index in [9.17, 15) is 0 Å². The van der Waals surface area contributed by atoms with Gasteiger partial charge in [-0.3, -0.25) is 4.99 Å². The van der Waals surface area contributed by atoms with Crippen LogP contribution in [0.2, 0.25) is 0 Å². The van der Waals surface area contributed by atoms with Gasteiger partial charge >= 0.3 is 0 Å².